The zero-order valence-corrected chi connectivity index (χ0v) is 17.6. The standard InChI is InChI=1S/C26H27N5/c1-4-10-22(11-5-1)26(23-12-6-2-7-13-23,24-14-8-3-9-15-24)31-25(28-29-30-31)20-21-16-18-27-19-17-21/h1-15,21,27H,16-20H2. The van der Waals surface area contributed by atoms with Crippen LogP contribution in [-0.2, 0) is 12.0 Å². The van der Waals surface area contributed by atoms with Crippen LogP contribution in [0.3, 0.4) is 0 Å². The molecule has 0 saturated carbocycles. The summed E-state index contributed by atoms with van der Waals surface area (Å²) in [4.78, 5) is 0. The van der Waals surface area contributed by atoms with Crippen molar-refractivity contribution in [1.82, 2.24) is 25.5 Å². The molecule has 0 bridgehead atoms. The quantitative estimate of drug-likeness (QED) is 0.488. The molecule has 31 heavy (non-hydrogen) atoms. The Bertz CT molecular complexity index is 990. The number of hydrogen-bond acceptors (Lipinski definition) is 4. The molecule has 3 aromatic carbocycles. The van der Waals surface area contributed by atoms with Gasteiger partial charge in [0.1, 0.15) is 5.54 Å². The van der Waals surface area contributed by atoms with Gasteiger partial charge in [-0.05, 0) is 59.0 Å². The van der Waals surface area contributed by atoms with Gasteiger partial charge in [0.2, 0.25) is 0 Å². The zero-order chi connectivity index (χ0) is 20.9. The van der Waals surface area contributed by atoms with Crippen molar-refractivity contribution in [3.63, 3.8) is 0 Å². The highest BCUT2D eigenvalue weighted by Gasteiger charge is 2.41. The lowest BCUT2D eigenvalue weighted by Crippen LogP contribution is -2.40. The van der Waals surface area contributed by atoms with E-state index in [2.05, 4.69) is 117 Å². The highest BCUT2D eigenvalue weighted by atomic mass is 15.6. The van der Waals surface area contributed by atoms with Crippen molar-refractivity contribution in [3.8, 4) is 0 Å². The van der Waals surface area contributed by atoms with Crippen molar-refractivity contribution >= 4 is 0 Å². The highest BCUT2D eigenvalue weighted by molar-refractivity contribution is 5.50. The molecule has 1 saturated heterocycles. The van der Waals surface area contributed by atoms with Gasteiger partial charge in [0.05, 0.1) is 0 Å². The van der Waals surface area contributed by atoms with Crippen molar-refractivity contribution in [1.29, 1.82) is 0 Å². The van der Waals surface area contributed by atoms with E-state index in [-0.39, 0.29) is 0 Å². The Morgan fingerprint density at radius 3 is 1.71 bits per heavy atom. The number of rotatable bonds is 6. The van der Waals surface area contributed by atoms with Crippen molar-refractivity contribution < 1.29 is 0 Å². The van der Waals surface area contributed by atoms with E-state index >= 15 is 0 Å². The first-order chi connectivity index (χ1) is 15.4. The van der Waals surface area contributed by atoms with Crippen LogP contribution >= 0.6 is 0 Å². The van der Waals surface area contributed by atoms with Crippen LogP contribution in [0.2, 0.25) is 0 Å². The second-order valence-corrected chi connectivity index (χ2v) is 8.21. The Labute approximate surface area is 183 Å². The van der Waals surface area contributed by atoms with Gasteiger partial charge >= 0.3 is 0 Å². The molecule has 1 fully saturated rings. The normalized spacial score (nSPS) is 15.1. The summed E-state index contributed by atoms with van der Waals surface area (Å²) < 4.78 is 2.06. The summed E-state index contributed by atoms with van der Waals surface area (Å²) in [5.74, 6) is 1.52. The van der Waals surface area contributed by atoms with Crippen LogP contribution in [0, 0.1) is 5.92 Å². The van der Waals surface area contributed by atoms with E-state index in [4.69, 9.17) is 0 Å². The molecule has 4 aromatic rings. The number of tetrazole rings is 1. The maximum atomic E-state index is 4.62. The van der Waals surface area contributed by atoms with Gasteiger partial charge in [-0.25, -0.2) is 4.68 Å². The van der Waals surface area contributed by atoms with Crippen LogP contribution in [0.4, 0.5) is 0 Å². The molecule has 0 unspecified atom stereocenters. The third kappa shape index (κ3) is 3.66. The van der Waals surface area contributed by atoms with Crippen LogP contribution in [0.1, 0.15) is 35.4 Å². The van der Waals surface area contributed by atoms with Gasteiger partial charge in [-0.15, -0.1) is 5.10 Å². The van der Waals surface area contributed by atoms with Crippen LogP contribution < -0.4 is 5.32 Å². The molecule has 156 valence electrons. The van der Waals surface area contributed by atoms with Crippen LogP contribution in [0.15, 0.2) is 91.0 Å². The number of hydrogen-bond donors (Lipinski definition) is 1. The fourth-order valence-electron chi connectivity index (χ4n) is 4.84. The first kappa shape index (κ1) is 19.6. The largest absolute Gasteiger partial charge is 0.317 e. The Morgan fingerprint density at radius 1 is 0.742 bits per heavy atom. The molecule has 5 rings (SSSR count). The molecule has 5 heteroatoms. The fourth-order valence-corrected chi connectivity index (χ4v) is 4.84. The lowest BCUT2D eigenvalue weighted by Gasteiger charge is -2.36. The van der Waals surface area contributed by atoms with Gasteiger partial charge in [0, 0.05) is 6.42 Å². The van der Waals surface area contributed by atoms with Crippen molar-refractivity contribution in [3.05, 3.63) is 114 Å². The third-order valence-electron chi connectivity index (χ3n) is 6.36. The molecule has 2 heterocycles. The molecule has 0 atom stereocenters. The van der Waals surface area contributed by atoms with Gasteiger partial charge in [-0.3, -0.25) is 0 Å². The first-order valence-electron chi connectivity index (χ1n) is 11.0. The van der Waals surface area contributed by atoms with Crippen LogP contribution in [0.5, 0.6) is 0 Å². The molecule has 0 spiro atoms. The van der Waals surface area contributed by atoms with Gasteiger partial charge in [-0.2, -0.15) is 0 Å². The van der Waals surface area contributed by atoms with E-state index in [0.29, 0.717) is 5.92 Å². The van der Waals surface area contributed by atoms with Crippen molar-refractivity contribution in [2.75, 3.05) is 13.1 Å². The fraction of sp³-hybridized carbons (Fsp3) is 0.269. The van der Waals surface area contributed by atoms with E-state index in [0.717, 1.165) is 54.9 Å². The van der Waals surface area contributed by atoms with E-state index in [1.807, 2.05) is 0 Å². The summed E-state index contributed by atoms with van der Waals surface area (Å²) in [6.07, 6.45) is 3.19. The Balaban J connectivity index is 1.75. The summed E-state index contributed by atoms with van der Waals surface area (Å²) in [6.45, 7) is 2.13. The molecule has 0 aliphatic carbocycles. The summed E-state index contributed by atoms with van der Waals surface area (Å²) in [7, 11) is 0. The summed E-state index contributed by atoms with van der Waals surface area (Å²) in [6, 6.07) is 31.8. The minimum atomic E-state index is -0.643. The summed E-state index contributed by atoms with van der Waals surface area (Å²) in [5, 5.41) is 16.8. The number of piperidine rings is 1. The molecular formula is C26H27N5. The molecule has 1 N–H and O–H groups in total. The van der Waals surface area contributed by atoms with Gasteiger partial charge in [0.25, 0.3) is 0 Å². The average Bonchev–Trinajstić information content (AvgIpc) is 3.31. The zero-order valence-electron chi connectivity index (χ0n) is 17.6. The number of benzene rings is 3. The summed E-state index contributed by atoms with van der Waals surface area (Å²) >= 11 is 0. The lowest BCUT2D eigenvalue weighted by atomic mass is 9.77. The maximum Gasteiger partial charge on any atom is 0.153 e. The number of nitrogens with one attached hydrogen (secondary N) is 1. The van der Waals surface area contributed by atoms with Gasteiger partial charge in [0.15, 0.2) is 5.82 Å². The predicted molar refractivity (Wildman–Crippen MR) is 122 cm³/mol. The summed E-state index contributed by atoms with van der Waals surface area (Å²) in [5.41, 5.74) is 2.79. The minimum Gasteiger partial charge on any atom is -0.317 e. The van der Waals surface area contributed by atoms with E-state index < -0.39 is 5.54 Å². The van der Waals surface area contributed by atoms with E-state index in [1.165, 1.54) is 0 Å². The lowest BCUT2D eigenvalue weighted by molar-refractivity contribution is 0.348. The number of aromatic nitrogens is 4. The SMILES string of the molecule is c1ccc(C(c2ccccc2)(c2ccccc2)n2nnnc2CC2CCNCC2)cc1. The van der Waals surface area contributed by atoms with E-state index in [1.54, 1.807) is 0 Å². The Kier molecular flexibility index (Phi) is 5.59. The average molecular weight is 410 g/mol. The third-order valence-corrected chi connectivity index (χ3v) is 6.36. The topological polar surface area (TPSA) is 55.6 Å². The number of nitrogens with zero attached hydrogens (tertiary/aromatic N) is 4. The van der Waals surface area contributed by atoms with Gasteiger partial charge in [-0.1, -0.05) is 91.0 Å². The molecular weight excluding hydrogens is 382 g/mol. The minimum absolute atomic E-state index is 0.589. The predicted octanol–water partition coefficient (Wildman–Crippen LogP) is 4.06. The highest BCUT2D eigenvalue weighted by Crippen LogP contribution is 2.41. The monoisotopic (exact) mass is 409 g/mol. The van der Waals surface area contributed by atoms with Gasteiger partial charge < -0.3 is 5.32 Å². The molecule has 1 aliphatic heterocycles. The van der Waals surface area contributed by atoms with Crippen molar-refractivity contribution in [2.24, 2.45) is 5.92 Å². The molecule has 5 nitrogen and oxygen atoms in total. The molecule has 0 amide bonds. The first-order valence-corrected chi connectivity index (χ1v) is 11.0. The molecule has 0 radical (unpaired) electrons. The Hall–Kier alpha value is -3.31. The second kappa shape index (κ2) is 8.82. The molecule has 1 aliphatic rings. The Morgan fingerprint density at radius 2 is 1.23 bits per heavy atom. The van der Waals surface area contributed by atoms with Crippen LogP contribution in [-0.4, -0.2) is 33.3 Å². The van der Waals surface area contributed by atoms with Crippen LogP contribution in [0.25, 0.3) is 0 Å². The smallest absolute Gasteiger partial charge is 0.153 e. The van der Waals surface area contributed by atoms with E-state index in [9.17, 15) is 0 Å². The molecule has 1 aromatic heterocycles. The second-order valence-electron chi connectivity index (χ2n) is 8.21. The van der Waals surface area contributed by atoms with Crippen molar-refractivity contribution in [2.45, 2.75) is 24.8 Å². The maximum absolute atomic E-state index is 4.62.